The Balaban J connectivity index is 2.80. The number of rotatable bonds is 1. The second kappa shape index (κ2) is 3.98. The van der Waals surface area contributed by atoms with Crippen molar-refractivity contribution in [1.29, 1.82) is 0 Å². The standard InChI is InChI=1S/C10H6BrF3N2O2/c1-4-8(9(17)18)16-3-6(11)5(10(12,13)14)2-7(16)15-4/h2-3H,1H3,(H,17,18). The topological polar surface area (TPSA) is 54.6 Å². The number of pyridine rings is 1. The van der Waals surface area contributed by atoms with Gasteiger partial charge in [0, 0.05) is 10.7 Å². The van der Waals surface area contributed by atoms with Gasteiger partial charge in [-0.2, -0.15) is 13.2 Å². The molecule has 0 fully saturated rings. The van der Waals surface area contributed by atoms with E-state index < -0.39 is 17.7 Å². The van der Waals surface area contributed by atoms with Gasteiger partial charge in [0.2, 0.25) is 0 Å². The Hall–Kier alpha value is -1.57. The van der Waals surface area contributed by atoms with Gasteiger partial charge in [-0.3, -0.25) is 4.40 Å². The zero-order valence-electron chi connectivity index (χ0n) is 8.92. The van der Waals surface area contributed by atoms with Crippen LogP contribution >= 0.6 is 15.9 Å². The summed E-state index contributed by atoms with van der Waals surface area (Å²) in [6.07, 6.45) is -3.47. The van der Waals surface area contributed by atoms with Gasteiger partial charge in [0.25, 0.3) is 0 Å². The summed E-state index contributed by atoms with van der Waals surface area (Å²) in [5.41, 5.74) is -0.939. The highest BCUT2D eigenvalue weighted by molar-refractivity contribution is 9.10. The molecule has 96 valence electrons. The summed E-state index contributed by atoms with van der Waals surface area (Å²) in [6.45, 7) is 1.43. The lowest BCUT2D eigenvalue weighted by Gasteiger charge is -2.09. The molecule has 0 radical (unpaired) electrons. The Morgan fingerprint density at radius 3 is 2.61 bits per heavy atom. The fourth-order valence-corrected chi connectivity index (χ4v) is 2.20. The number of alkyl halides is 3. The van der Waals surface area contributed by atoms with Gasteiger partial charge in [0.15, 0.2) is 5.69 Å². The van der Waals surface area contributed by atoms with Gasteiger partial charge >= 0.3 is 12.1 Å². The first-order valence-electron chi connectivity index (χ1n) is 4.70. The molecule has 0 aliphatic rings. The third-order valence-electron chi connectivity index (χ3n) is 2.39. The summed E-state index contributed by atoms with van der Waals surface area (Å²) in [6, 6.07) is 0.809. The van der Waals surface area contributed by atoms with Crippen LogP contribution in [0.5, 0.6) is 0 Å². The van der Waals surface area contributed by atoms with Crippen LogP contribution in [0.25, 0.3) is 5.65 Å². The van der Waals surface area contributed by atoms with Gasteiger partial charge in [-0.15, -0.1) is 0 Å². The maximum absolute atomic E-state index is 12.7. The van der Waals surface area contributed by atoms with Crippen LogP contribution in [0.4, 0.5) is 13.2 Å². The molecule has 0 saturated carbocycles. The Kier molecular flexibility index (Phi) is 2.84. The number of halogens is 4. The maximum atomic E-state index is 12.7. The van der Waals surface area contributed by atoms with Crippen molar-refractivity contribution < 1.29 is 23.1 Å². The first-order valence-corrected chi connectivity index (χ1v) is 5.50. The highest BCUT2D eigenvalue weighted by Crippen LogP contribution is 2.35. The van der Waals surface area contributed by atoms with Crippen molar-refractivity contribution in [1.82, 2.24) is 9.38 Å². The quantitative estimate of drug-likeness (QED) is 0.877. The predicted octanol–water partition coefficient (Wildman–Crippen LogP) is 3.12. The molecule has 0 bridgehead atoms. The number of imidazole rings is 1. The van der Waals surface area contributed by atoms with E-state index in [2.05, 4.69) is 20.9 Å². The minimum Gasteiger partial charge on any atom is -0.477 e. The van der Waals surface area contributed by atoms with E-state index in [1.165, 1.54) is 6.92 Å². The van der Waals surface area contributed by atoms with Crippen molar-refractivity contribution in [2.24, 2.45) is 0 Å². The fourth-order valence-electron chi connectivity index (χ4n) is 1.66. The molecule has 18 heavy (non-hydrogen) atoms. The number of aromatic nitrogens is 2. The van der Waals surface area contributed by atoms with Crippen molar-refractivity contribution in [3.8, 4) is 0 Å². The van der Waals surface area contributed by atoms with E-state index in [0.717, 1.165) is 16.7 Å². The van der Waals surface area contributed by atoms with E-state index in [1.807, 2.05) is 0 Å². The van der Waals surface area contributed by atoms with E-state index in [-0.39, 0.29) is 21.5 Å². The molecule has 2 aromatic rings. The van der Waals surface area contributed by atoms with Gasteiger partial charge in [0.05, 0.1) is 11.3 Å². The lowest BCUT2D eigenvalue weighted by Crippen LogP contribution is -2.09. The van der Waals surface area contributed by atoms with Gasteiger partial charge < -0.3 is 5.11 Å². The lowest BCUT2D eigenvalue weighted by atomic mass is 10.2. The number of carboxylic acid groups (broad SMARTS) is 1. The van der Waals surface area contributed by atoms with Crippen molar-refractivity contribution in [2.45, 2.75) is 13.1 Å². The summed E-state index contributed by atoms with van der Waals surface area (Å²) in [5, 5.41) is 8.97. The Labute approximate surface area is 107 Å². The van der Waals surface area contributed by atoms with Crippen molar-refractivity contribution in [3.05, 3.63) is 33.7 Å². The molecule has 8 heteroatoms. The van der Waals surface area contributed by atoms with Gasteiger partial charge in [0.1, 0.15) is 5.65 Å². The summed E-state index contributed by atoms with van der Waals surface area (Å²) in [5.74, 6) is -1.24. The van der Waals surface area contributed by atoms with Crippen LogP contribution in [0.2, 0.25) is 0 Å². The van der Waals surface area contributed by atoms with E-state index in [1.54, 1.807) is 0 Å². The summed E-state index contributed by atoms with van der Waals surface area (Å²) < 4.78 is 38.9. The molecule has 0 unspecified atom stereocenters. The van der Waals surface area contributed by atoms with E-state index in [4.69, 9.17) is 5.11 Å². The van der Waals surface area contributed by atoms with Gasteiger partial charge in [-0.1, -0.05) is 0 Å². The average molecular weight is 323 g/mol. The number of carbonyl (C=O) groups is 1. The lowest BCUT2D eigenvalue weighted by molar-refractivity contribution is -0.138. The predicted molar refractivity (Wildman–Crippen MR) is 59.6 cm³/mol. The molecule has 0 spiro atoms. The molecule has 0 aliphatic heterocycles. The molecule has 2 heterocycles. The zero-order valence-corrected chi connectivity index (χ0v) is 10.5. The molecule has 4 nitrogen and oxygen atoms in total. The summed E-state index contributed by atoms with van der Waals surface area (Å²) in [7, 11) is 0. The van der Waals surface area contributed by atoms with Crippen molar-refractivity contribution >= 4 is 27.5 Å². The fraction of sp³-hybridized carbons (Fsp3) is 0.200. The first-order chi connectivity index (χ1) is 8.21. The highest BCUT2D eigenvalue weighted by Gasteiger charge is 2.34. The molecule has 0 atom stereocenters. The van der Waals surface area contributed by atoms with E-state index >= 15 is 0 Å². The van der Waals surface area contributed by atoms with Crippen LogP contribution in [0.1, 0.15) is 21.7 Å². The molecule has 0 amide bonds. The minimum absolute atomic E-state index is 0.0552. The van der Waals surface area contributed by atoms with Crippen LogP contribution in [0.15, 0.2) is 16.7 Å². The molecular weight excluding hydrogens is 317 g/mol. The second-order valence-corrected chi connectivity index (χ2v) is 4.47. The molecule has 2 rings (SSSR count). The number of fused-ring (bicyclic) bond motifs is 1. The largest absolute Gasteiger partial charge is 0.477 e. The monoisotopic (exact) mass is 322 g/mol. The molecule has 1 N–H and O–H groups in total. The smallest absolute Gasteiger partial charge is 0.417 e. The number of nitrogens with zero attached hydrogens (tertiary/aromatic N) is 2. The van der Waals surface area contributed by atoms with Crippen LogP contribution in [-0.2, 0) is 6.18 Å². The summed E-state index contributed by atoms with van der Waals surface area (Å²) in [4.78, 5) is 14.8. The molecule has 0 aromatic carbocycles. The number of carboxylic acids is 1. The third-order valence-corrected chi connectivity index (χ3v) is 3.03. The Morgan fingerprint density at radius 1 is 1.50 bits per heavy atom. The van der Waals surface area contributed by atoms with Crippen LogP contribution in [0.3, 0.4) is 0 Å². The second-order valence-electron chi connectivity index (χ2n) is 3.61. The average Bonchev–Trinajstić information content (AvgIpc) is 2.50. The maximum Gasteiger partial charge on any atom is 0.417 e. The number of aryl methyl sites for hydroxylation is 1. The minimum atomic E-state index is -4.52. The van der Waals surface area contributed by atoms with Gasteiger partial charge in [-0.05, 0) is 28.9 Å². The zero-order chi connectivity index (χ0) is 13.7. The highest BCUT2D eigenvalue weighted by atomic mass is 79.9. The van der Waals surface area contributed by atoms with Gasteiger partial charge in [-0.25, -0.2) is 9.78 Å². The van der Waals surface area contributed by atoms with Crippen LogP contribution < -0.4 is 0 Å². The normalized spacial score (nSPS) is 12.1. The molecule has 0 saturated heterocycles. The molecule has 2 aromatic heterocycles. The van der Waals surface area contributed by atoms with E-state index in [9.17, 15) is 18.0 Å². The molecular formula is C10H6BrF3N2O2. The Bertz CT molecular complexity index is 649. The van der Waals surface area contributed by atoms with Crippen molar-refractivity contribution in [2.75, 3.05) is 0 Å². The van der Waals surface area contributed by atoms with Crippen molar-refractivity contribution in [3.63, 3.8) is 0 Å². The third kappa shape index (κ3) is 1.96. The Morgan fingerprint density at radius 2 is 2.11 bits per heavy atom. The van der Waals surface area contributed by atoms with E-state index in [0.29, 0.717) is 0 Å². The molecule has 0 aliphatic carbocycles. The van der Waals surface area contributed by atoms with Crippen LogP contribution in [0, 0.1) is 6.92 Å². The SMILES string of the molecule is Cc1nc2cc(C(F)(F)F)c(Br)cn2c1C(=O)O. The van der Waals surface area contributed by atoms with Crippen LogP contribution in [-0.4, -0.2) is 20.5 Å². The number of hydrogen-bond donors (Lipinski definition) is 1. The number of hydrogen-bond acceptors (Lipinski definition) is 2. The first kappa shape index (κ1) is 12.9. The summed E-state index contributed by atoms with van der Waals surface area (Å²) >= 11 is 2.78. The number of aromatic carboxylic acids is 1.